The normalized spacial score (nSPS) is 17.5. The number of aliphatic hydroxyl groups is 1. The molecule has 3 aromatic carbocycles. The summed E-state index contributed by atoms with van der Waals surface area (Å²) in [6.07, 6.45) is 0. The first-order chi connectivity index (χ1) is 16.5. The fraction of sp³-hybridized carbons (Fsp3) is 0.143. The lowest BCUT2D eigenvalue weighted by atomic mass is 9.96. The second kappa shape index (κ2) is 8.56. The van der Waals surface area contributed by atoms with E-state index in [1.54, 1.807) is 32.2 Å². The number of fused-ring (bicyclic) bond motifs is 1. The van der Waals surface area contributed by atoms with Crippen molar-refractivity contribution in [3.8, 4) is 5.75 Å². The van der Waals surface area contributed by atoms with Gasteiger partial charge < -0.3 is 19.2 Å². The highest BCUT2D eigenvalue weighted by atomic mass is 16.5. The number of carbonyl (C=O) groups is 2. The van der Waals surface area contributed by atoms with Crippen LogP contribution in [0.1, 0.15) is 28.7 Å². The van der Waals surface area contributed by atoms with Gasteiger partial charge in [0.25, 0.3) is 11.7 Å². The number of hydrogen-bond acceptors (Lipinski definition) is 5. The van der Waals surface area contributed by atoms with E-state index in [1.807, 2.05) is 60.7 Å². The summed E-state index contributed by atoms with van der Waals surface area (Å²) < 4.78 is 11.2. The van der Waals surface area contributed by atoms with E-state index in [2.05, 4.69) is 0 Å². The standard InChI is InChI=1S/C28H23NO5/c1-17-13-14-23(34-17)25-24(26(30)22-12-6-9-19-8-3-4-11-21(19)22)27(31)28(32)29(25)16-18-7-5-10-20(15-18)33-2/h3-15,25,30H,16H2,1-2H3/b26-24-. The van der Waals surface area contributed by atoms with Gasteiger partial charge in [0.15, 0.2) is 0 Å². The Labute approximate surface area is 196 Å². The van der Waals surface area contributed by atoms with Crippen LogP contribution < -0.4 is 4.74 Å². The lowest BCUT2D eigenvalue weighted by Crippen LogP contribution is -2.29. The zero-order chi connectivity index (χ0) is 23.8. The number of amides is 1. The third-order valence-electron chi connectivity index (χ3n) is 6.10. The van der Waals surface area contributed by atoms with Gasteiger partial charge in [0.2, 0.25) is 0 Å². The molecule has 1 amide bonds. The number of carbonyl (C=O) groups excluding carboxylic acids is 2. The van der Waals surface area contributed by atoms with E-state index in [0.717, 1.165) is 16.3 Å². The van der Waals surface area contributed by atoms with Crippen molar-refractivity contribution in [2.24, 2.45) is 0 Å². The Balaban J connectivity index is 1.68. The van der Waals surface area contributed by atoms with Gasteiger partial charge in [-0.15, -0.1) is 0 Å². The maximum Gasteiger partial charge on any atom is 0.296 e. The number of Topliss-reactive ketones (excluding diaryl/α,β-unsaturated/α-hetero) is 1. The molecule has 1 saturated heterocycles. The Bertz CT molecular complexity index is 1440. The first-order valence-corrected chi connectivity index (χ1v) is 10.9. The molecule has 6 nitrogen and oxygen atoms in total. The molecule has 5 rings (SSSR count). The predicted octanol–water partition coefficient (Wildman–Crippen LogP) is 5.37. The summed E-state index contributed by atoms with van der Waals surface area (Å²) in [5.41, 5.74) is 1.30. The van der Waals surface area contributed by atoms with Crippen LogP contribution in [-0.4, -0.2) is 28.8 Å². The number of hydrogen-bond donors (Lipinski definition) is 1. The SMILES string of the molecule is COc1cccc(CN2C(=O)C(=O)/C(=C(\O)c3cccc4ccccc34)C2c2ccc(C)o2)c1. The van der Waals surface area contributed by atoms with Crippen LogP contribution in [0.5, 0.6) is 5.75 Å². The van der Waals surface area contributed by atoms with Crippen LogP contribution in [0, 0.1) is 6.92 Å². The summed E-state index contributed by atoms with van der Waals surface area (Å²) in [5.74, 6) is 0.0575. The number of furan rings is 1. The van der Waals surface area contributed by atoms with Gasteiger partial charge in [-0.3, -0.25) is 9.59 Å². The third-order valence-corrected chi connectivity index (χ3v) is 6.10. The molecule has 4 aromatic rings. The van der Waals surface area contributed by atoms with Crippen LogP contribution in [0.2, 0.25) is 0 Å². The highest BCUT2D eigenvalue weighted by Gasteiger charge is 2.47. The number of nitrogens with zero attached hydrogens (tertiary/aromatic N) is 1. The highest BCUT2D eigenvalue weighted by Crippen LogP contribution is 2.42. The molecule has 1 aromatic heterocycles. The lowest BCUT2D eigenvalue weighted by molar-refractivity contribution is -0.140. The fourth-order valence-corrected chi connectivity index (χ4v) is 4.48. The molecule has 0 aliphatic carbocycles. The smallest absolute Gasteiger partial charge is 0.296 e. The van der Waals surface area contributed by atoms with E-state index >= 15 is 0 Å². The molecule has 0 radical (unpaired) electrons. The summed E-state index contributed by atoms with van der Waals surface area (Å²) in [7, 11) is 1.57. The number of likely N-dealkylation sites (tertiary alicyclic amines) is 1. The average molecular weight is 453 g/mol. The zero-order valence-electron chi connectivity index (χ0n) is 18.8. The number of rotatable bonds is 5. The number of methoxy groups -OCH3 is 1. The van der Waals surface area contributed by atoms with Crippen molar-refractivity contribution in [2.45, 2.75) is 19.5 Å². The minimum atomic E-state index is -0.862. The van der Waals surface area contributed by atoms with Gasteiger partial charge in [-0.1, -0.05) is 54.6 Å². The zero-order valence-corrected chi connectivity index (χ0v) is 18.8. The molecule has 1 N–H and O–H groups in total. The molecular weight excluding hydrogens is 430 g/mol. The molecular formula is C28H23NO5. The quantitative estimate of drug-likeness (QED) is 0.250. The van der Waals surface area contributed by atoms with Crippen molar-refractivity contribution < 1.29 is 23.8 Å². The summed E-state index contributed by atoms with van der Waals surface area (Å²) in [6, 6.07) is 23.0. The van der Waals surface area contributed by atoms with Crippen LogP contribution in [0.25, 0.3) is 16.5 Å². The van der Waals surface area contributed by atoms with Gasteiger partial charge in [0.05, 0.1) is 12.7 Å². The average Bonchev–Trinajstić information content (AvgIpc) is 3.39. The van der Waals surface area contributed by atoms with Gasteiger partial charge in [-0.05, 0) is 47.5 Å². The van der Waals surface area contributed by atoms with Crippen molar-refractivity contribution in [2.75, 3.05) is 7.11 Å². The Morgan fingerprint density at radius 3 is 2.53 bits per heavy atom. The Hall–Kier alpha value is -4.32. The molecule has 0 spiro atoms. The van der Waals surface area contributed by atoms with E-state index in [-0.39, 0.29) is 17.9 Å². The van der Waals surface area contributed by atoms with Gasteiger partial charge in [0.1, 0.15) is 29.1 Å². The van der Waals surface area contributed by atoms with Crippen molar-refractivity contribution >= 4 is 28.2 Å². The molecule has 1 unspecified atom stereocenters. The molecule has 1 aliphatic rings. The summed E-state index contributed by atoms with van der Waals surface area (Å²) in [6.45, 7) is 1.95. The molecule has 6 heteroatoms. The Morgan fingerprint density at radius 1 is 1.00 bits per heavy atom. The Morgan fingerprint density at radius 2 is 1.76 bits per heavy atom. The number of ketones is 1. The van der Waals surface area contributed by atoms with Crippen LogP contribution in [0.4, 0.5) is 0 Å². The fourth-order valence-electron chi connectivity index (χ4n) is 4.48. The molecule has 2 heterocycles. The highest BCUT2D eigenvalue weighted by molar-refractivity contribution is 6.46. The number of benzene rings is 3. The van der Waals surface area contributed by atoms with Crippen molar-refractivity contribution in [1.82, 2.24) is 4.90 Å². The maximum absolute atomic E-state index is 13.3. The molecule has 1 fully saturated rings. The van der Waals surface area contributed by atoms with Crippen molar-refractivity contribution in [1.29, 1.82) is 0 Å². The van der Waals surface area contributed by atoms with Gasteiger partial charge >= 0.3 is 0 Å². The molecule has 1 aliphatic heterocycles. The number of aryl methyl sites for hydroxylation is 1. The third kappa shape index (κ3) is 3.63. The minimum absolute atomic E-state index is 0.0126. The van der Waals surface area contributed by atoms with Crippen LogP contribution in [0.15, 0.2) is 88.9 Å². The molecule has 0 bridgehead atoms. The lowest BCUT2D eigenvalue weighted by Gasteiger charge is -2.23. The van der Waals surface area contributed by atoms with Crippen molar-refractivity contribution in [3.63, 3.8) is 0 Å². The van der Waals surface area contributed by atoms with Gasteiger partial charge in [-0.2, -0.15) is 0 Å². The van der Waals surface area contributed by atoms with E-state index in [4.69, 9.17) is 9.15 Å². The topological polar surface area (TPSA) is 80.0 Å². The first-order valence-electron chi connectivity index (χ1n) is 10.9. The second-order valence-electron chi connectivity index (χ2n) is 8.25. The summed E-state index contributed by atoms with van der Waals surface area (Å²) >= 11 is 0. The maximum atomic E-state index is 13.3. The van der Waals surface area contributed by atoms with E-state index < -0.39 is 17.7 Å². The first kappa shape index (κ1) is 21.5. The predicted molar refractivity (Wildman–Crippen MR) is 128 cm³/mol. The van der Waals surface area contributed by atoms with Crippen LogP contribution in [-0.2, 0) is 16.1 Å². The monoisotopic (exact) mass is 453 g/mol. The summed E-state index contributed by atoms with van der Waals surface area (Å²) in [4.78, 5) is 28.0. The van der Waals surface area contributed by atoms with E-state index in [1.165, 1.54) is 4.90 Å². The minimum Gasteiger partial charge on any atom is -0.507 e. The Kier molecular flexibility index (Phi) is 5.42. The second-order valence-corrected chi connectivity index (χ2v) is 8.25. The molecule has 170 valence electrons. The molecule has 0 saturated carbocycles. The molecule has 34 heavy (non-hydrogen) atoms. The van der Waals surface area contributed by atoms with Crippen LogP contribution >= 0.6 is 0 Å². The molecule has 1 atom stereocenters. The van der Waals surface area contributed by atoms with Gasteiger partial charge in [0, 0.05) is 12.1 Å². The van der Waals surface area contributed by atoms with Crippen molar-refractivity contribution in [3.05, 3.63) is 107 Å². The number of ether oxygens (including phenoxy) is 1. The summed E-state index contributed by atoms with van der Waals surface area (Å²) in [5, 5.41) is 13.1. The number of aliphatic hydroxyl groups excluding tert-OH is 1. The van der Waals surface area contributed by atoms with E-state index in [9.17, 15) is 14.7 Å². The largest absolute Gasteiger partial charge is 0.507 e. The van der Waals surface area contributed by atoms with Gasteiger partial charge in [-0.25, -0.2) is 0 Å². The van der Waals surface area contributed by atoms with E-state index in [0.29, 0.717) is 22.8 Å². The van der Waals surface area contributed by atoms with Crippen LogP contribution in [0.3, 0.4) is 0 Å².